The topological polar surface area (TPSA) is 99.1 Å². The van der Waals surface area contributed by atoms with E-state index in [-0.39, 0.29) is 0 Å². The van der Waals surface area contributed by atoms with E-state index in [1.54, 1.807) is 0 Å². The first kappa shape index (κ1) is 13.5. The highest BCUT2D eigenvalue weighted by molar-refractivity contribution is 7.86. The van der Waals surface area contributed by atoms with Gasteiger partial charge in [0.1, 0.15) is 11.5 Å². The predicted molar refractivity (Wildman–Crippen MR) is 44.7 cm³/mol. The van der Waals surface area contributed by atoms with Crippen LogP contribution in [0.2, 0.25) is 0 Å². The maximum Gasteiger partial charge on any atom is 0.272 e. The van der Waals surface area contributed by atoms with Gasteiger partial charge < -0.3 is 0 Å². The molecule has 1 heterocycles. The number of Topliss-reactive ketones (excluding diaryl/α,β-unsaturated/α-hetero) is 1. The van der Waals surface area contributed by atoms with E-state index in [1.165, 1.54) is 0 Å². The minimum Gasteiger partial charge on any atom is -0.299 e. The smallest absolute Gasteiger partial charge is 0.272 e. The van der Waals surface area contributed by atoms with Gasteiger partial charge in [-0.15, -0.1) is 0 Å². The summed E-state index contributed by atoms with van der Waals surface area (Å²) in [6.07, 6.45) is 0.931. The van der Waals surface area contributed by atoms with E-state index in [9.17, 15) is 13.2 Å². The van der Waals surface area contributed by atoms with Crippen molar-refractivity contribution in [2.24, 2.45) is 0 Å². The summed E-state index contributed by atoms with van der Waals surface area (Å²) in [6, 6.07) is 0. The average Bonchev–Trinajstić information content (AvgIpc) is 2.03. The standard InChI is InChI=1S/C3H6O4S.C3H6O3/c1-3(4)2-8(5,6)7;1-2-4-6-5-3-1/h2H2,1H3,(H,5,6,7);1-3H2. The fourth-order valence-corrected chi connectivity index (χ4v) is 1.05. The number of hydrogen-bond acceptors (Lipinski definition) is 6. The summed E-state index contributed by atoms with van der Waals surface area (Å²) in [4.78, 5) is 18.6. The van der Waals surface area contributed by atoms with E-state index in [4.69, 9.17) is 4.55 Å². The van der Waals surface area contributed by atoms with Gasteiger partial charge in [0.05, 0.1) is 13.2 Å². The van der Waals surface area contributed by atoms with Gasteiger partial charge in [0, 0.05) is 6.42 Å². The average molecular weight is 228 g/mol. The van der Waals surface area contributed by atoms with Crippen LogP contribution in [-0.2, 0) is 29.7 Å². The minimum absolute atomic E-state index is 0.562. The van der Waals surface area contributed by atoms with Crippen molar-refractivity contribution in [3.05, 3.63) is 0 Å². The van der Waals surface area contributed by atoms with Crippen molar-refractivity contribution < 1.29 is 32.6 Å². The molecule has 84 valence electrons. The lowest BCUT2D eigenvalue weighted by Crippen LogP contribution is -2.10. The quantitative estimate of drug-likeness (QED) is 0.513. The molecule has 1 rings (SSSR count). The first-order valence-corrected chi connectivity index (χ1v) is 5.38. The highest BCUT2D eigenvalue weighted by Crippen LogP contribution is 1.93. The van der Waals surface area contributed by atoms with Crippen molar-refractivity contribution in [1.29, 1.82) is 0 Å². The maximum atomic E-state index is 9.92. The summed E-state index contributed by atoms with van der Waals surface area (Å²) in [5.74, 6) is -1.35. The number of carbonyl (C=O) groups is 1. The molecule has 8 heteroatoms. The first-order chi connectivity index (χ1) is 6.42. The monoisotopic (exact) mass is 228 g/mol. The van der Waals surface area contributed by atoms with Crippen LogP contribution in [0.4, 0.5) is 0 Å². The van der Waals surface area contributed by atoms with Crippen LogP contribution >= 0.6 is 0 Å². The second-order valence-corrected chi connectivity index (χ2v) is 3.95. The molecule has 0 spiro atoms. The molecule has 0 atom stereocenters. The zero-order valence-electron chi connectivity index (χ0n) is 7.63. The van der Waals surface area contributed by atoms with Gasteiger partial charge in [0.25, 0.3) is 10.1 Å². The van der Waals surface area contributed by atoms with Crippen LogP contribution in [0, 0.1) is 0 Å². The van der Waals surface area contributed by atoms with Crippen molar-refractivity contribution in [3.63, 3.8) is 0 Å². The normalized spacial score (nSPS) is 16.7. The van der Waals surface area contributed by atoms with Crippen LogP contribution < -0.4 is 0 Å². The van der Waals surface area contributed by atoms with Crippen molar-refractivity contribution in [2.75, 3.05) is 19.0 Å². The zero-order valence-corrected chi connectivity index (χ0v) is 8.45. The molecule has 0 unspecified atom stereocenters. The van der Waals surface area contributed by atoms with Crippen LogP contribution in [0.25, 0.3) is 0 Å². The third kappa shape index (κ3) is 11.5. The molecule has 0 amide bonds. The Balaban J connectivity index is 0.000000249. The Morgan fingerprint density at radius 1 is 1.36 bits per heavy atom. The van der Waals surface area contributed by atoms with Crippen molar-refractivity contribution in [1.82, 2.24) is 0 Å². The van der Waals surface area contributed by atoms with E-state index >= 15 is 0 Å². The van der Waals surface area contributed by atoms with Crippen LogP contribution in [0.3, 0.4) is 0 Å². The second-order valence-electron chi connectivity index (χ2n) is 2.49. The molecule has 1 N–H and O–H groups in total. The lowest BCUT2D eigenvalue weighted by molar-refractivity contribution is -0.532. The van der Waals surface area contributed by atoms with Crippen LogP contribution in [0.5, 0.6) is 0 Å². The van der Waals surface area contributed by atoms with Gasteiger partial charge in [-0.25, -0.2) is 9.78 Å². The second kappa shape index (κ2) is 6.85. The molecule has 0 radical (unpaired) electrons. The summed E-state index contributed by atoms with van der Waals surface area (Å²) in [7, 11) is -4.07. The summed E-state index contributed by atoms with van der Waals surface area (Å²) in [6.45, 7) is 2.40. The van der Waals surface area contributed by atoms with Gasteiger partial charge in [0.15, 0.2) is 0 Å². The lowest BCUT2D eigenvalue weighted by Gasteiger charge is -2.06. The number of rotatable bonds is 2. The highest BCUT2D eigenvalue weighted by Gasteiger charge is 2.06. The Kier molecular flexibility index (Phi) is 6.58. The van der Waals surface area contributed by atoms with E-state index in [0.29, 0.717) is 13.2 Å². The van der Waals surface area contributed by atoms with Crippen molar-refractivity contribution >= 4 is 15.9 Å². The van der Waals surface area contributed by atoms with Crippen molar-refractivity contribution in [2.45, 2.75) is 13.3 Å². The maximum absolute atomic E-state index is 9.92. The fraction of sp³-hybridized carbons (Fsp3) is 0.833. The minimum atomic E-state index is -4.07. The molecule has 0 saturated carbocycles. The molecular formula is C6H12O7S. The van der Waals surface area contributed by atoms with Gasteiger partial charge in [-0.3, -0.25) is 9.35 Å². The first-order valence-electron chi connectivity index (χ1n) is 3.77. The Hall–Kier alpha value is -0.540. The summed E-state index contributed by atoms with van der Waals surface area (Å²) in [5.41, 5.74) is 0. The lowest BCUT2D eigenvalue weighted by atomic mass is 10.5. The number of carbonyl (C=O) groups excluding carboxylic acids is 1. The van der Waals surface area contributed by atoms with Gasteiger partial charge in [-0.05, 0) is 6.92 Å². The molecule has 7 nitrogen and oxygen atoms in total. The van der Waals surface area contributed by atoms with Crippen molar-refractivity contribution in [3.8, 4) is 0 Å². The van der Waals surface area contributed by atoms with Crippen LogP contribution in [-0.4, -0.2) is 37.7 Å². The molecule has 0 aromatic heterocycles. The molecule has 1 saturated heterocycles. The summed E-state index contributed by atoms with van der Waals surface area (Å²) >= 11 is 0. The molecule has 0 aromatic rings. The third-order valence-corrected chi connectivity index (χ3v) is 1.71. The molecule has 0 aliphatic carbocycles. The molecule has 1 fully saturated rings. The number of ketones is 1. The van der Waals surface area contributed by atoms with Gasteiger partial charge in [-0.1, -0.05) is 5.04 Å². The molecule has 1 aliphatic rings. The Labute approximate surface area is 81.6 Å². The SMILES string of the molecule is C1COOOC1.CC(=O)CS(=O)(=O)O. The summed E-state index contributed by atoms with van der Waals surface area (Å²) in [5, 5.41) is 4.07. The predicted octanol–water partition coefficient (Wildman–Crippen LogP) is -0.267. The van der Waals surface area contributed by atoms with Gasteiger partial charge >= 0.3 is 0 Å². The fourth-order valence-electron chi connectivity index (χ4n) is 0.536. The molecule has 0 aromatic carbocycles. The largest absolute Gasteiger partial charge is 0.299 e. The van der Waals surface area contributed by atoms with E-state index in [2.05, 4.69) is 14.8 Å². The molecule has 14 heavy (non-hydrogen) atoms. The van der Waals surface area contributed by atoms with E-state index in [0.717, 1.165) is 13.3 Å². The Morgan fingerprint density at radius 3 is 1.93 bits per heavy atom. The van der Waals surface area contributed by atoms with E-state index < -0.39 is 21.7 Å². The van der Waals surface area contributed by atoms with Gasteiger partial charge in [-0.2, -0.15) is 8.42 Å². The summed E-state index contributed by atoms with van der Waals surface area (Å²) < 4.78 is 27.5. The molecular weight excluding hydrogens is 216 g/mol. The van der Waals surface area contributed by atoms with E-state index in [1.807, 2.05) is 0 Å². The molecule has 1 aliphatic heterocycles. The Bertz CT molecular complexity index is 242. The van der Waals surface area contributed by atoms with Crippen LogP contribution in [0.1, 0.15) is 13.3 Å². The zero-order chi connectivity index (χ0) is 11.0. The highest BCUT2D eigenvalue weighted by atomic mass is 32.2. The Morgan fingerprint density at radius 2 is 1.86 bits per heavy atom. The molecule has 0 bridgehead atoms. The third-order valence-electron chi connectivity index (χ3n) is 0.937. The number of hydrogen-bond donors (Lipinski definition) is 1. The van der Waals surface area contributed by atoms with Crippen LogP contribution in [0.15, 0.2) is 0 Å². The van der Waals surface area contributed by atoms with Gasteiger partial charge in [0.2, 0.25) is 0 Å².